The average molecular weight is 312 g/mol. The van der Waals surface area contributed by atoms with Gasteiger partial charge in [-0.2, -0.15) is 5.10 Å². The molecule has 1 aromatic rings. The van der Waals surface area contributed by atoms with Crippen LogP contribution in [0.1, 0.15) is 38.3 Å². The number of amides is 1. The van der Waals surface area contributed by atoms with Crippen LogP contribution in [-0.4, -0.2) is 46.8 Å². The van der Waals surface area contributed by atoms with Crippen LogP contribution in [0.15, 0.2) is 11.1 Å². The molecule has 0 unspecified atom stereocenters. The summed E-state index contributed by atoms with van der Waals surface area (Å²) in [6.45, 7) is 1.44. The van der Waals surface area contributed by atoms with E-state index in [0.717, 1.165) is 6.08 Å². The van der Waals surface area contributed by atoms with Crippen LogP contribution < -0.4 is 5.32 Å². The van der Waals surface area contributed by atoms with Gasteiger partial charge in [0.05, 0.1) is 17.2 Å². The third-order valence-electron chi connectivity index (χ3n) is 2.63. The Balaban J connectivity index is 2.20. The van der Waals surface area contributed by atoms with Gasteiger partial charge in [0.1, 0.15) is 17.9 Å². The lowest BCUT2D eigenvalue weighted by molar-refractivity contribution is -0.141. The number of hydrogen-bond acceptors (Lipinski definition) is 6. The largest absolute Gasteiger partial charge is 0.465 e. The van der Waals surface area contributed by atoms with E-state index in [1.807, 2.05) is 0 Å². The summed E-state index contributed by atoms with van der Waals surface area (Å²) in [6, 6.07) is 0. The molecule has 0 aliphatic heterocycles. The second-order valence-electron chi connectivity index (χ2n) is 4.00. The van der Waals surface area contributed by atoms with Crippen LogP contribution in [0.3, 0.4) is 0 Å². The molecule has 8 nitrogen and oxygen atoms in total. The lowest BCUT2D eigenvalue weighted by Gasteiger charge is -2.08. The summed E-state index contributed by atoms with van der Waals surface area (Å²) < 4.78 is 4.65. The SMILES string of the molecule is CCOC(=O)CNC(=O)c1[nH]nc2c1C(=O)C(Cl)=CC2=O. The summed E-state index contributed by atoms with van der Waals surface area (Å²) in [4.78, 5) is 46.6. The first-order valence-electron chi connectivity index (χ1n) is 5.94. The van der Waals surface area contributed by atoms with Crippen molar-refractivity contribution in [3.05, 3.63) is 28.1 Å². The zero-order chi connectivity index (χ0) is 15.6. The molecule has 2 rings (SSSR count). The number of aromatic nitrogens is 2. The van der Waals surface area contributed by atoms with E-state index in [2.05, 4.69) is 20.3 Å². The second kappa shape index (κ2) is 5.88. The highest BCUT2D eigenvalue weighted by atomic mass is 35.5. The van der Waals surface area contributed by atoms with E-state index in [0.29, 0.717) is 0 Å². The van der Waals surface area contributed by atoms with Gasteiger partial charge < -0.3 is 10.1 Å². The Bertz CT molecular complexity index is 676. The van der Waals surface area contributed by atoms with Gasteiger partial charge in [-0.15, -0.1) is 0 Å². The van der Waals surface area contributed by atoms with E-state index < -0.39 is 23.4 Å². The predicted molar refractivity (Wildman–Crippen MR) is 70.2 cm³/mol. The molecule has 0 atom stereocenters. The van der Waals surface area contributed by atoms with Crippen molar-refractivity contribution in [2.75, 3.05) is 13.2 Å². The van der Waals surface area contributed by atoms with Crippen LogP contribution in [-0.2, 0) is 9.53 Å². The number of halogens is 1. The van der Waals surface area contributed by atoms with Gasteiger partial charge >= 0.3 is 5.97 Å². The molecule has 0 saturated heterocycles. The van der Waals surface area contributed by atoms with Crippen molar-refractivity contribution in [3.63, 3.8) is 0 Å². The van der Waals surface area contributed by atoms with E-state index in [4.69, 9.17) is 11.6 Å². The summed E-state index contributed by atoms with van der Waals surface area (Å²) in [6.07, 6.45) is 0.938. The van der Waals surface area contributed by atoms with Crippen LogP contribution in [0.4, 0.5) is 0 Å². The Morgan fingerprint density at radius 3 is 2.81 bits per heavy atom. The maximum absolute atomic E-state index is 11.9. The molecule has 0 bridgehead atoms. The van der Waals surface area contributed by atoms with Crippen LogP contribution in [0, 0.1) is 0 Å². The van der Waals surface area contributed by atoms with Gasteiger partial charge in [-0.25, -0.2) is 0 Å². The number of ether oxygens (including phenoxy) is 1. The molecule has 1 aliphatic carbocycles. The second-order valence-corrected chi connectivity index (χ2v) is 4.40. The molecule has 0 fully saturated rings. The van der Waals surface area contributed by atoms with Crippen LogP contribution in [0.2, 0.25) is 0 Å². The minimum absolute atomic E-state index is 0.175. The van der Waals surface area contributed by atoms with Crippen molar-refractivity contribution in [1.29, 1.82) is 0 Å². The average Bonchev–Trinajstić information content (AvgIpc) is 2.88. The Kier molecular flexibility index (Phi) is 4.18. The summed E-state index contributed by atoms with van der Waals surface area (Å²) in [5.41, 5.74) is -0.599. The predicted octanol–water partition coefficient (Wildman–Crippen LogP) is 0.204. The first kappa shape index (κ1) is 14.9. The molecule has 21 heavy (non-hydrogen) atoms. The smallest absolute Gasteiger partial charge is 0.325 e. The van der Waals surface area contributed by atoms with Gasteiger partial charge in [-0.1, -0.05) is 11.6 Å². The molecular formula is C12H10ClN3O5. The molecule has 1 amide bonds. The number of Topliss-reactive ketones (excluding diaryl/α,β-unsaturated/α-hetero) is 1. The van der Waals surface area contributed by atoms with Crippen molar-refractivity contribution >= 4 is 35.0 Å². The molecule has 2 N–H and O–H groups in total. The summed E-state index contributed by atoms with van der Waals surface area (Å²) >= 11 is 5.64. The molecule has 0 radical (unpaired) electrons. The number of allylic oxidation sites excluding steroid dienone is 2. The Labute approximate surface area is 123 Å². The quantitative estimate of drug-likeness (QED) is 0.767. The summed E-state index contributed by atoms with van der Waals surface area (Å²) in [5, 5.41) is 7.90. The van der Waals surface area contributed by atoms with Crippen LogP contribution in [0.25, 0.3) is 0 Å². The lowest BCUT2D eigenvalue weighted by atomic mass is 9.99. The third kappa shape index (κ3) is 2.84. The number of aromatic amines is 1. The molecule has 1 heterocycles. The highest BCUT2D eigenvalue weighted by Gasteiger charge is 2.33. The first-order chi connectivity index (χ1) is 9.95. The fourth-order valence-corrected chi connectivity index (χ4v) is 1.92. The molecule has 0 spiro atoms. The molecule has 9 heteroatoms. The van der Waals surface area contributed by atoms with E-state index in [1.165, 1.54) is 0 Å². The summed E-state index contributed by atoms with van der Waals surface area (Å²) in [5.74, 6) is -2.64. The molecule has 1 aromatic heterocycles. The monoisotopic (exact) mass is 311 g/mol. The number of H-pyrrole nitrogens is 1. The Morgan fingerprint density at radius 1 is 1.43 bits per heavy atom. The van der Waals surface area contributed by atoms with Gasteiger partial charge in [-0.05, 0) is 6.92 Å². The summed E-state index contributed by atoms with van der Waals surface area (Å²) in [7, 11) is 0. The minimum Gasteiger partial charge on any atom is -0.465 e. The van der Waals surface area contributed by atoms with Crippen molar-refractivity contribution in [2.24, 2.45) is 0 Å². The number of nitrogens with one attached hydrogen (secondary N) is 2. The van der Waals surface area contributed by atoms with Crippen molar-refractivity contribution < 1.29 is 23.9 Å². The van der Waals surface area contributed by atoms with Crippen LogP contribution >= 0.6 is 11.6 Å². The zero-order valence-electron chi connectivity index (χ0n) is 10.9. The van der Waals surface area contributed by atoms with E-state index >= 15 is 0 Å². The van der Waals surface area contributed by atoms with Gasteiger partial charge in [0.2, 0.25) is 11.6 Å². The maximum Gasteiger partial charge on any atom is 0.325 e. The highest BCUT2D eigenvalue weighted by Crippen LogP contribution is 2.24. The highest BCUT2D eigenvalue weighted by molar-refractivity contribution is 6.49. The van der Waals surface area contributed by atoms with Crippen molar-refractivity contribution in [1.82, 2.24) is 15.5 Å². The molecule has 1 aliphatic rings. The number of rotatable bonds is 4. The minimum atomic E-state index is -0.760. The number of nitrogens with zero attached hydrogens (tertiary/aromatic N) is 1. The van der Waals surface area contributed by atoms with Gasteiger partial charge in [-0.3, -0.25) is 24.3 Å². The number of carbonyl (C=O) groups excluding carboxylic acids is 4. The van der Waals surface area contributed by atoms with E-state index in [1.54, 1.807) is 6.92 Å². The molecule has 0 aromatic carbocycles. The number of carbonyl (C=O) groups is 4. The number of esters is 1. The topological polar surface area (TPSA) is 118 Å². The van der Waals surface area contributed by atoms with Crippen molar-refractivity contribution in [2.45, 2.75) is 6.92 Å². The number of ketones is 2. The zero-order valence-corrected chi connectivity index (χ0v) is 11.6. The van der Waals surface area contributed by atoms with Crippen molar-refractivity contribution in [3.8, 4) is 0 Å². The number of hydrogen-bond donors (Lipinski definition) is 2. The Morgan fingerprint density at radius 2 is 2.14 bits per heavy atom. The Hall–Kier alpha value is -2.48. The van der Waals surface area contributed by atoms with Gasteiger partial charge in [0.25, 0.3) is 5.91 Å². The fraction of sp³-hybridized carbons (Fsp3) is 0.250. The van der Waals surface area contributed by atoms with E-state index in [-0.39, 0.29) is 35.1 Å². The maximum atomic E-state index is 11.9. The van der Waals surface area contributed by atoms with Crippen LogP contribution in [0.5, 0.6) is 0 Å². The first-order valence-corrected chi connectivity index (χ1v) is 6.32. The third-order valence-corrected chi connectivity index (χ3v) is 2.91. The normalized spacial score (nSPS) is 13.5. The molecule has 0 saturated carbocycles. The van der Waals surface area contributed by atoms with E-state index in [9.17, 15) is 19.2 Å². The standard InChI is InChI=1S/C12H10ClN3O5/c1-2-21-7(18)4-14-12(20)10-8-9(15-16-10)6(17)3-5(13)11(8)19/h3H,2,4H2,1H3,(H,14,20)(H,15,16). The fourth-order valence-electron chi connectivity index (χ4n) is 1.73. The molecule has 110 valence electrons. The lowest BCUT2D eigenvalue weighted by Crippen LogP contribution is -2.32. The molecular weight excluding hydrogens is 302 g/mol. The van der Waals surface area contributed by atoms with Gasteiger partial charge in [0, 0.05) is 6.08 Å². The van der Waals surface area contributed by atoms with Gasteiger partial charge in [0.15, 0.2) is 0 Å². The number of fused-ring (bicyclic) bond motifs is 1.